The van der Waals surface area contributed by atoms with Crippen LogP contribution in [0.25, 0.3) is 17.6 Å². The van der Waals surface area contributed by atoms with Crippen molar-refractivity contribution in [2.75, 3.05) is 0 Å². The Morgan fingerprint density at radius 3 is 2.81 bits per heavy atom. The topological polar surface area (TPSA) is 57.0 Å². The number of nitrogens with zero attached hydrogens (tertiary/aromatic N) is 3. The molecular weight excluding hydrogens is 273 g/mol. The van der Waals surface area contributed by atoms with Crippen LogP contribution in [0.15, 0.2) is 30.6 Å². The van der Waals surface area contributed by atoms with E-state index in [2.05, 4.69) is 10.1 Å². The van der Waals surface area contributed by atoms with Gasteiger partial charge in [-0.15, -0.1) is 5.10 Å². The lowest BCUT2D eigenvalue weighted by Crippen LogP contribution is -2.08. The van der Waals surface area contributed by atoms with Gasteiger partial charge in [0.1, 0.15) is 12.1 Å². The molecule has 0 aliphatic carbocycles. The van der Waals surface area contributed by atoms with Crippen molar-refractivity contribution < 1.29 is 13.9 Å². The molecule has 0 N–H and O–H groups in total. The lowest BCUT2D eigenvalue weighted by atomic mass is 10.1. The Kier molecular flexibility index (Phi) is 4.47. The number of benzene rings is 1. The van der Waals surface area contributed by atoms with Gasteiger partial charge in [0.2, 0.25) is 0 Å². The van der Waals surface area contributed by atoms with Crippen molar-refractivity contribution in [2.24, 2.45) is 0 Å². The Labute approximate surface area is 122 Å². The van der Waals surface area contributed by atoms with Crippen molar-refractivity contribution in [3.8, 4) is 11.4 Å². The van der Waals surface area contributed by atoms with E-state index in [0.717, 1.165) is 5.56 Å². The summed E-state index contributed by atoms with van der Waals surface area (Å²) in [7, 11) is 0. The van der Waals surface area contributed by atoms with E-state index in [1.54, 1.807) is 26.8 Å². The number of ether oxygens (including phenoxy) is 1. The predicted molar refractivity (Wildman–Crippen MR) is 76.7 cm³/mol. The summed E-state index contributed by atoms with van der Waals surface area (Å²) >= 11 is 0. The SMILES string of the molecule is Cc1cc(F)cc(-c2ncn(/C=C\C(=O)OC(C)C)n2)c1. The number of aryl methyl sites for hydroxylation is 1. The second-order valence-corrected chi connectivity index (χ2v) is 4.87. The van der Waals surface area contributed by atoms with Gasteiger partial charge in [0.25, 0.3) is 0 Å². The molecule has 0 atom stereocenters. The monoisotopic (exact) mass is 289 g/mol. The summed E-state index contributed by atoms with van der Waals surface area (Å²) in [5.74, 6) is -0.402. The molecule has 2 aromatic rings. The van der Waals surface area contributed by atoms with Crippen LogP contribution in [0.5, 0.6) is 0 Å². The number of hydrogen-bond acceptors (Lipinski definition) is 4. The highest BCUT2D eigenvalue weighted by Crippen LogP contribution is 2.17. The van der Waals surface area contributed by atoms with E-state index < -0.39 is 5.97 Å². The zero-order valence-electron chi connectivity index (χ0n) is 12.1. The maximum absolute atomic E-state index is 13.4. The predicted octanol–water partition coefficient (Wildman–Crippen LogP) is 2.81. The van der Waals surface area contributed by atoms with E-state index in [0.29, 0.717) is 11.4 Å². The zero-order valence-corrected chi connectivity index (χ0v) is 12.1. The Hall–Kier alpha value is -2.50. The standard InChI is InChI=1S/C15H16FN3O2/c1-10(2)21-14(20)4-5-19-9-17-15(18-19)12-6-11(3)7-13(16)8-12/h4-10H,1-3H3/b5-4-. The Bertz CT molecular complexity index is 657. The first kappa shape index (κ1) is 14.9. The minimum atomic E-state index is -0.455. The molecular formula is C15H16FN3O2. The summed E-state index contributed by atoms with van der Waals surface area (Å²) in [4.78, 5) is 15.5. The lowest BCUT2D eigenvalue weighted by Gasteiger charge is -2.03. The molecule has 1 aromatic carbocycles. The molecule has 0 amide bonds. The molecule has 21 heavy (non-hydrogen) atoms. The van der Waals surface area contributed by atoms with Crippen molar-refractivity contribution in [1.29, 1.82) is 0 Å². The van der Waals surface area contributed by atoms with Gasteiger partial charge in [-0.3, -0.25) is 0 Å². The minimum Gasteiger partial charge on any atom is -0.460 e. The third-order valence-corrected chi connectivity index (χ3v) is 2.52. The minimum absolute atomic E-state index is 0.177. The van der Waals surface area contributed by atoms with Crippen LogP contribution in [0, 0.1) is 12.7 Å². The van der Waals surface area contributed by atoms with Gasteiger partial charge in [-0.25, -0.2) is 18.9 Å². The number of esters is 1. The van der Waals surface area contributed by atoms with Gasteiger partial charge in [0, 0.05) is 17.8 Å². The van der Waals surface area contributed by atoms with Crippen LogP contribution < -0.4 is 0 Å². The molecule has 0 saturated heterocycles. The fourth-order valence-corrected chi connectivity index (χ4v) is 1.75. The number of carbonyl (C=O) groups excluding carboxylic acids is 1. The largest absolute Gasteiger partial charge is 0.460 e. The Balaban J connectivity index is 2.14. The van der Waals surface area contributed by atoms with E-state index >= 15 is 0 Å². The number of aromatic nitrogens is 3. The summed E-state index contributed by atoms with van der Waals surface area (Å²) in [6.07, 6.45) is 3.96. The fourth-order valence-electron chi connectivity index (χ4n) is 1.75. The first-order chi connectivity index (χ1) is 9.94. The van der Waals surface area contributed by atoms with Crippen molar-refractivity contribution >= 4 is 12.2 Å². The molecule has 1 aromatic heterocycles. The first-order valence-corrected chi connectivity index (χ1v) is 6.51. The average Bonchev–Trinajstić information content (AvgIpc) is 2.83. The summed E-state index contributed by atoms with van der Waals surface area (Å²) in [6, 6.07) is 4.59. The molecule has 0 bridgehead atoms. The number of rotatable bonds is 4. The summed E-state index contributed by atoms with van der Waals surface area (Å²) < 4.78 is 19.7. The van der Waals surface area contributed by atoms with Crippen LogP contribution in [-0.4, -0.2) is 26.8 Å². The maximum atomic E-state index is 13.4. The van der Waals surface area contributed by atoms with Gasteiger partial charge < -0.3 is 4.74 Å². The van der Waals surface area contributed by atoms with Crippen molar-refractivity contribution in [3.05, 3.63) is 42.0 Å². The quantitative estimate of drug-likeness (QED) is 0.641. The van der Waals surface area contributed by atoms with E-state index in [1.165, 1.54) is 35.4 Å². The van der Waals surface area contributed by atoms with Crippen LogP contribution in [0.1, 0.15) is 19.4 Å². The molecule has 6 heteroatoms. The van der Waals surface area contributed by atoms with Crippen molar-refractivity contribution in [1.82, 2.24) is 14.8 Å². The molecule has 0 saturated carbocycles. The molecule has 5 nitrogen and oxygen atoms in total. The number of carbonyl (C=O) groups is 1. The molecule has 0 aliphatic rings. The Morgan fingerprint density at radius 1 is 1.38 bits per heavy atom. The number of halogens is 1. The molecule has 2 rings (SSSR count). The Morgan fingerprint density at radius 2 is 2.14 bits per heavy atom. The molecule has 0 spiro atoms. The molecule has 1 heterocycles. The van der Waals surface area contributed by atoms with Gasteiger partial charge in [-0.2, -0.15) is 0 Å². The van der Waals surface area contributed by atoms with E-state index in [-0.39, 0.29) is 11.9 Å². The van der Waals surface area contributed by atoms with Crippen LogP contribution in [-0.2, 0) is 9.53 Å². The molecule has 0 unspecified atom stereocenters. The third kappa shape index (κ3) is 4.24. The van der Waals surface area contributed by atoms with Gasteiger partial charge in [-0.1, -0.05) is 0 Å². The molecule has 0 aliphatic heterocycles. The molecule has 0 fully saturated rings. The van der Waals surface area contributed by atoms with Crippen LogP contribution in [0.3, 0.4) is 0 Å². The van der Waals surface area contributed by atoms with Crippen LogP contribution in [0.2, 0.25) is 0 Å². The second-order valence-electron chi connectivity index (χ2n) is 4.87. The highest BCUT2D eigenvalue weighted by molar-refractivity contribution is 5.85. The zero-order chi connectivity index (χ0) is 15.4. The van der Waals surface area contributed by atoms with Gasteiger partial charge >= 0.3 is 5.97 Å². The van der Waals surface area contributed by atoms with Gasteiger partial charge in [0.05, 0.1) is 6.10 Å². The number of hydrogen-bond donors (Lipinski definition) is 0. The third-order valence-electron chi connectivity index (χ3n) is 2.52. The van der Waals surface area contributed by atoms with Crippen molar-refractivity contribution in [2.45, 2.75) is 26.9 Å². The van der Waals surface area contributed by atoms with Crippen LogP contribution in [0.4, 0.5) is 4.39 Å². The van der Waals surface area contributed by atoms with Crippen LogP contribution >= 0.6 is 0 Å². The van der Waals surface area contributed by atoms with Crippen molar-refractivity contribution in [3.63, 3.8) is 0 Å². The summed E-state index contributed by atoms with van der Waals surface area (Å²) in [5, 5.41) is 4.16. The maximum Gasteiger partial charge on any atom is 0.332 e. The smallest absolute Gasteiger partial charge is 0.332 e. The molecule has 110 valence electrons. The van der Waals surface area contributed by atoms with Gasteiger partial charge in [0.15, 0.2) is 5.82 Å². The highest BCUT2D eigenvalue weighted by atomic mass is 19.1. The first-order valence-electron chi connectivity index (χ1n) is 6.51. The summed E-state index contributed by atoms with van der Waals surface area (Å²) in [5.41, 5.74) is 1.38. The van der Waals surface area contributed by atoms with Gasteiger partial charge in [-0.05, 0) is 44.5 Å². The normalized spacial score (nSPS) is 11.3. The second kappa shape index (κ2) is 6.30. The van der Waals surface area contributed by atoms with E-state index in [9.17, 15) is 9.18 Å². The van der Waals surface area contributed by atoms with E-state index in [1.807, 2.05) is 0 Å². The van der Waals surface area contributed by atoms with E-state index in [4.69, 9.17) is 4.74 Å². The summed E-state index contributed by atoms with van der Waals surface area (Å²) in [6.45, 7) is 5.34. The molecule has 0 radical (unpaired) electrons. The fraction of sp³-hybridized carbons (Fsp3) is 0.267. The lowest BCUT2D eigenvalue weighted by molar-refractivity contribution is -0.141. The average molecular weight is 289 g/mol. The highest BCUT2D eigenvalue weighted by Gasteiger charge is 2.06.